The van der Waals surface area contributed by atoms with Crippen LogP contribution in [0.15, 0.2) is 32.6 Å². The fraction of sp³-hybridized carbons (Fsp3) is 0.467. The number of hydrazine groups is 1. The predicted molar refractivity (Wildman–Crippen MR) is 95.0 cm³/mol. The van der Waals surface area contributed by atoms with Gasteiger partial charge in [0.15, 0.2) is 0 Å². The lowest BCUT2D eigenvalue weighted by Crippen LogP contribution is -2.39. The highest BCUT2D eigenvalue weighted by molar-refractivity contribution is 7.90. The summed E-state index contributed by atoms with van der Waals surface area (Å²) in [5.74, 6) is 0.406. The van der Waals surface area contributed by atoms with Crippen molar-refractivity contribution < 1.29 is 13.2 Å². The third kappa shape index (κ3) is 4.18. The van der Waals surface area contributed by atoms with Gasteiger partial charge in [-0.2, -0.15) is 13.5 Å². The highest BCUT2D eigenvalue weighted by atomic mass is 35.5. The molecule has 1 aromatic carbocycles. The van der Waals surface area contributed by atoms with Gasteiger partial charge in [0.2, 0.25) is 0 Å². The number of benzene rings is 1. The SMILES string of the molecule is CCN(C=NS(=O)(=O)c1ccc(OC)c(Cl)c1)N1CC(C)(C)C=N1. The molecular formula is C15H21ClN4O3S. The highest BCUT2D eigenvalue weighted by Gasteiger charge is 2.27. The van der Waals surface area contributed by atoms with Crippen LogP contribution in [0.5, 0.6) is 5.75 Å². The summed E-state index contributed by atoms with van der Waals surface area (Å²) in [5.41, 5.74) is -0.0658. The molecule has 0 bridgehead atoms. The number of ether oxygens (including phenoxy) is 1. The van der Waals surface area contributed by atoms with Crippen molar-refractivity contribution in [1.82, 2.24) is 10.1 Å². The van der Waals surface area contributed by atoms with Crippen LogP contribution >= 0.6 is 11.6 Å². The molecule has 0 aromatic heterocycles. The maximum atomic E-state index is 12.4. The lowest BCUT2D eigenvalue weighted by Gasteiger charge is -2.28. The van der Waals surface area contributed by atoms with Gasteiger partial charge in [-0.3, -0.25) is 5.01 Å². The summed E-state index contributed by atoms with van der Waals surface area (Å²) in [6.45, 7) is 7.19. The minimum atomic E-state index is -3.86. The predicted octanol–water partition coefficient (Wildman–Crippen LogP) is 2.63. The summed E-state index contributed by atoms with van der Waals surface area (Å²) in [5, 5.41) is 7.84. The maximum Gasteiger partial charge on any atom is 0.283 e. The minimum absolute atomic E-state index is 0.00542. The molecule has 0 radical (unpaired) electrons. The molecule has 9 heteroatoms. The Labute approximate surface area is 147 Å². The normalized spacial score (nSPS) is 16.8. The topological polar surface area (TPSA) is 74.6 Å². The van der Waals surface area contributed by atoms with Gasteiger partial charge >= 0.3 is 0 Å². The average Bonchev–Trinajstić information content (AvgIpc) is 2.87. The largest absolute Gasteiger partial charge is 0.495 e. The van der Waals surface area contributed by atoms with E-state index in [2.05, 4.69) is 23.3 Å². The fourth-order valence-electron chi connectivity index (χ4n) is 2.12. The lowest BCUT2D eigenvalue weighted by molar-refractivity contribution is 0.0545. The van der Waals surface area contributed by atoms with Gasteiger partial charge in [-0.05, 0) is 25.1 Å². The number of rotatable bonds is 6. The van der Waals surface area contributed by atoms with Crippen molar-refractivity contribution in [2.45, 2.75) is 25.7 Å². The van der Waals surface area contributed by atoms with Crippen molar-refractivity contribution in [3.63, 3.8) is 0 Å². The third-order valence-electron chi connectivity index (χ3n) is 3.45. The zero-order valence-corrected chi connectivity index (χ0v) is 15.7. The van der Waals surface area contributed by atoms with Gasteiger partial charge in [0.05, 0.1) is 23.6 Å². The van der Waals surface area contributed by atoms with Crippen LogP contribution in [-0.4, -0.2) is 51.3 Å². The second kappa shape index (κ2) is 6.98. The molecule has 0 amide bonds. The molecule has 0 N–H and O–H groups in total. The van der Waals surface area contributed by atoms with Gasteiger partial charge in [0.1, 0.15) is 12.1 Å². The van der Waals surface area contributed by atoms with E-state index >= 15 is 0 Å². The Bertz CT molecular complexity index is 762. The standard InChI is InChI=1S/C15H21ClN4O3S/c1-5-19(20-10-15(2,3)9-17-20)11-18-24(21,22)12-6-7-14(23-4)13(16)8-12/h6-9,11H,5,10H2,1-4H3. The summed E-state index contributed by atoms with van der Waals surface area (Å²) in [4.78, 5) is 0.00542. The van der Waals surface area contributed by atoms with Crippen molar-refractivity contribution in [2.75, 3.05) is 20.2 Å². The molecule has 0 spiro atoms. The molecule has 1 heterocycles. The van der Waals surface area contributed by atoms with Crippen LogP contribution in [0.25, 0.3) is 0 Å². The molecule has 1 aliphatic rings. The Hall–Kier alpha value is -1.80. The smallest absolute Gasteiger partial charge is 0.283 e. The average molecular weight is 373 g/mol. The monoisotopic (exact) mass is 372 g/mol. The van der Waals surface area contributed by atoms with Crippen LogP contribution in [0.3, 0.4) is 0 Å². The van der Waals surface area contributed by atoms with Gasteiger partial charge < -0.3 is 4.74 Å². The molecule has 0 fully saturated rings. The van der Waals surface area contributed by atoms with E-state index < -0.39 is 10.0 Å². The van der Waals surface area contributed by atoms with Crippen LogP contribution in [0.1, 0.15) is 20.8 Å². The molecule has 24 heavy (non-hydrogen) atoms. The zero-order chi connectivity index (χ0) is 18.0. The molecule has 0 atom stereocenters. The van der Waals surface area contributed by atoms with E-state index in [4.69, 9.17) is 16.3 Å². The van der Waals surface area contributed by atoms with Crippen LogP contribution in [-0.2, 0) is 10.0 Å². The highest BCUT2D eigenvalue weighted by Crippen LogP contribution is 2.27. The molecular weight excluding hydrogens is 352 g/mol. The first-order chi connectivity index (χ1) is 11.2. The zero-order valence-electron chi connectivity index (χ0n) is 14.1. The second-order valence-corrected chi connectivity index (χ2v) is 8.05. The van der Waals surface area contributed by atoms with Crippen LogP contribution in [0.4, 0.5) is 0 Å². The number of methoxy groups -OCH3 is 1. The molecule has 0 saturated carbocycles. The Kier molecular flexibility index (Phi) is 5.39. The number of hydrogen-bond donors (Lipinski definition) is 0. The summed E-state index contributed by atoms with van der Waals surface area (Å²) in [7, 11) is -2.40. The van der Waals surface area contributed by atoms with E-state index in [0.29, 0.717) is 18.8 Å². The Morgan fingerprint density at radius 3 is 2.71 bits per heavy atom. The van der Waals surface area contributed by atoms with E-state index in [0.717, 1.165) is 0 Å². The molecule has 0 saturated heterocycles. The maximum absolute atomic E-state index is 12.4. The second-order valence-electron chi connectivity index (χ2n) is 6.01. The first-order valence-electron chi connectivity index (χ1n) is 7.42. The number of nitrogens with zero attached hydrogens (tertiary/aromatic N) is 4. The first-order valence-corrected chi connectivity index (χ1v) is 9.23. The number of halogens is 1. The Morgan fingerprint density at radius 1 is 1.50 bits per heavy atom. The van der Waals surface area contributed by atoms with E-state index in [1.807, 2.05) is 13.1 Å². The summed E-state index contributed by atoms with van der Waals surface area (Å²) in [6, 6.07) is 4.22. The number of hydrazone groups is 1. The third-order valence-corrected chi connectivity index (χ3v) is 4.97. The van der Waals surface area contributed by atoms with E-state index in [9.17, 15) is 8.42 Å². The fourth-order valence-corrected chi connectivity index (χ4v) is 3.30. The lowest BCUT2D eigenvalue weighted by atomic mass is 9.97. The minimum Gasteiger partial charge on any atom is -0.495 e. The van der Waals surface area contributed by atoms with Gasteiger partial charge in [-0.15, -0.1) is 4.40 Å². The number of sulfonamides is 1. The van der Waals surface area contributed by atoms with Crippen molar-refractivity contribution in [2.24, 2.45) is 14.9 Å². The van der Waals surface area contributed by atoms with Crippen LogP contribution < -0.4 is 4.74 Å². The summed E-state index contributed by atoms with van der Waals surface area (Å²) >= 11 is 5.98. The number of hydrogen-bond acceptors (Lipinski definition) is 5. The summed E-state index contributed by atoms with van der Waals surface area (Å²) < 4.78 is 33.5. The molecule has 0 aliphatic carbocycles. The molecule has 0 unspecified atom stereocenters. The van der Waals surface area contributed by atoms with Gasteiger partial charge in [-0.25, -0.2) is 5.12 Å². The molecule has 1 aromatic rings. The Balaban J connectivity index is 2.19. The van der Waals surface area contributed by atoms with Crippen LogP contribution in [0.2, 0.25) is 5.02 Å². The first kappa shape index (κ1) is 18.5. The van der Waals surface area contributed by atoms with Crippen LogP contribution in [0, 0.1) is 5.41 Å². The Morgan fingerprint density at radius 2 is 2.21 bits per heavy atom. The van der Waals surface area contributed by atoms with Crippen molar-refractivity contribution in [3.8, 4) is 5.75 Å². The van der Waals surface area contributed by atoms with E-state index in [-0.39, 0.29) is 15.3 Å². The van der Waals surface area contributed by atoms with Gasteiger partial charge in [-0.1, -0.05) is 25.4 Å². The molecule has 1 aliphatic heterocycles. The van der Waals surface area contributed by atoms with Crippen molar-refractivity contribution in [1.29, 1.82) is 0 Å². The van der Waals surface area contributed by atoms with Gasteiger partial charge in [0.25, 0.3) is 10.0 Å². The quantitative estimate of drug-likeness (QED) is 0.566. The van der Waals surface area contributed by atoms with E-state index in [1.165, 1.54) is 31.6 Å². The van der Waals surface area contributed by atoms with Crippen molar-refractivity contribution >= 4 is 34.2 Å². The molecule has 132 valence electrons. The summed E-state index contributed by atoms with van der Waals surface area (Å²) in [6.07, 6.45) is 3.10. The van der Waals surface area contributed by atoms with E-state index in [1.54, 1.807) is 10.1 Å². The van der Waals surface area contributed by atoms with Crippen molar-refractivity contribution in [3.05, 3.63) is 23.2 Å². The molecule has 7 nitrogen and oxygen atoms in total. The molecule has 2 rings (SSSR count). The van der Waals surface area contributed by atoms with Gasteiger partial charge in [0, 0.05) is 18.2 Å².